The van der Waals surface area contributed by atoms with E-state index in [-0.39, 0.29) is 30.0 Å². The molecule has 10 nitrogen and oxygen atoms in total. The number of pyridine rings is 1. The van der Waals surface area contributed by atoms with E-state index in [1.165, 1.54) is 0 Å². The maximum Gasteiger partial charge on any atom is 0.410 e. The van der Waals surface area contributed by atoms with Crippen LogP contribution in [0.25, 0.3) is 10.8 Å². The van der Waals surface area contributed by atoms with E-state index in [4.69, 9.17) is 14.5 Å². The first-order valence-electron chi connectivity index (χ1n) is 16.7. The van der Waals surface area contributed by atoms with Crippen molar-refractivity contribution in [1.82, 2.24) is 14.8 Å². The van der Waals surface area contributed by atoms with Crippen molar-refractivity contribution < 1.29 is 19.4 Å². The molecule has 2 bridgehead atoms. The van der Waals surface area contributed by atoms with Crippen LogP contribution in [0.1, 0.15) is 63.1 Å². The zero-order valence-corrected chi connectivity index (χ0v) is 29.2. The minimum atomic E-state index is -0.549. The predicted molar refractivity (Wildman–Crippen MR) is 185 cm³/mol. The third-order valence-electron chi connectivity index (χ3n) is 10.1. The van der Waals surface area contributed by atoms with E-state index in [9.17, 15) is 15.2 Å². The smallest absolute Gasteiger partial charge is 0.410 e. The molecule has 2 aromatic carbocycles. The van der Waals surface area contributed by atoms with Crippen molar-refractivity contribution in [3.05, 3.63) is 51.5 Å². The van der Waals surface area contributed by atoms with Crippen molar-refractivity contribution in [2.75, 3.05) is 49.6 Å². The van der Waals surface area contributed by atoms with E-state index < -0.39 is 5.60 Å². The summed E-state index contributed by atoms with van der Waals surface area (Å²) in [6, 6.07) is 12.6. The number of nitriles is 1. The van der Waals surface area contributed by atoms with Gasteiger partial charge in [-0.2, -0.15) is 10.2 Å². The Morgan fingerprint density at radius 3 is 2.57 bits per heavy atom. The molecule has 0 spiro atoms. The summed E-state index contributed by atoms with van der Waals surface area (Å²) < 4.78 is 13.1. The van der Waals surface area contributed by atoms with Crippen LogP contribution >= 0.6 is 15.9 Å². The molecule has 2 unspecified atom stereocenters. The molecule has 1 amide bonds. The number of rotatable bonds is 5. The molecule has 1 N–H and O–H groups in total. The van der Waals surface area contributed by atoms with Crippen LogP contribution in [-0.2, 0) is 17.7 Å². The van der Waals surface area contributed by atoms with E-state index in [0.29, 0.717) is 37.7 Å². The van der Waals surface area contributed by atoms with Crippen LogP contribution in [0.2, 0.25) is 0 Å². The minimum Gasteiger partial charge on any atom is -0.508 e. The Hall–Kier alpha value is -3.75. The molecule has 3 saturated heterocycles. The molecule has 4 aliphatic rings. The first-order chi connectivity index (χ1) is 22.5. The van der Waals surface area contributed by atoms with Gasteiger partial charge in [-0.25, -0.2) is 4.79 Å². The number of phenols is 1. The maximum absolute atomic E-state index is 13.1. The summed E-state index contributed by atoms with van der Waals surface area (Å²) in [5.41, 5.74) is 3.06. The standard InChI is InChI=1S/C36H43BrN6O4/c1-36(2,3)47-35(45)42-18-23-10-11-24(19-42)43(23)33-27-12-14-41(31-9-5-7-22-15-26(44)16-30(37)32(22)31)20-29(27)28(17-38)34(39-33)46-21-25-8-6-13-40(25)4/h5,7,9,15-16,23-25,44H,6,8,10-14,18-21H2,1-4H3/t23?,24?,25-/m0/s1. The second-order valence-corrected chi connectivity index (χ2v) is 15.3. The van der Waals surface area contributed by atoms with Gasteiger partial charge in [-0.05, 0) is 106 Å². The number of aromatic nitrogens is 1. The molecule has 0 saturated carbocycles. The summed E-state index contributed by atoms with van der Waals surface area (Å²) in [6.45, 7) is 9.67. The SMILES string of the molecule is CN1CCC[C@H]1COc1nc(N2C3CCC2CN(C(=O)OC(C)(C)C)C3)c2c(c1C#N)CN(c1cccc3cc(O)cc(Br)c13)CC2. The van der Waals surface area contributed by atoms with Gasteiger partial charge in [0.25, 0.3) is 0 Å². The Kier molecular flexibility index (Phi) is 8.37. The van der Waals surface area contributed by atoms with Gasteiger partial charge in [-0.15, -0.1) is 0 Å². The number of amides is 1. The number of likely N-dealkylation sites (N-methyl/N-ethyl adjacent to an activating group) is 1. The average Bonchev–Trinajstić information content (AvgIpc) is 3.55. The van der Waals surface area contributed by atoms with Gasteiger partial charge in [0.2, 0.25) is 5.88 Å². The normalized spacial score (nSPS) is 22.8. The highest BCUT2D eigenvalue weighted by Crippen LogP contribution is 2.44. The lowest BCUT2D eigenvalue weighted by atomic mass is 9.94. The average molecular weight is 704 g/mol. The molecule has 248 valence electrons. The largest absolute Gasteiger partial charge is 0.508 e. The van der Waals surface area contributed by atoms with Crippen molar-refractivity contribution >= 4 is 44.3 Å². The van der Waals surface area contributed by atoms with Crippen molar-refractivity contribution in [2.24, 2.45) is 0 Å². The van der Waals surface area contributed by atoms with E-state index in [1.54, 1.807) is 12.1 Å². The van der Waals surface area contributed by atoms with Crippen LogP contribution in [0, 0.1) is 11.3 Å². The lowest BCUT2D eigenvalue weighted by Crippen LogP contribution is -2.56. The second-order valence-electron chi connectivity index (χ2n) is 14.4. The number of anilines is 2. The third kappa shape index (κ3) is 6.06. The number of carbonyl (C=O) groups is 1. The topological polar surface area (TPSA) is 105 Å². The third-order valence-corrected chi connectivity index (χ3v) is 10.8. The van der Waals surface area contributed by atoms with Crippen LogP contribution in [0.3, 0.4) is 0 Å². The number of ether oxygens (including phenoxy) is 2. The molecule has 5 heterocycles. The van der Waals surface area contributed by atoms with Crippen molar-refractivity contribution in [3.8, 4) is 17.7 Å². The highest BCUT2D eigenvalue weighted by Gasteiger charge is 2.45. The molecule has 0 aliphatic carbocycles. The fourth-order valence-corrected chi connectivity index (χ4v) is 8.59. The van der Waals surface area contributed by atoms with Crippen LogP contribution < -0.4 is 14.5 Å². The first kappa shape index (κ1) is 31.8. The number of hydrogen-bond donors (Lipinski definition) is 1. The van der Waals surface area contributed by atoms with Crippen molar-refractivity contribution in [2.45, 2.75) is 83.1 Å². The van der Waals surface area contributed by atoms with E-state index in [1.807, 2.05) is 37.8 Å². The summed E-state index contributed by atoms with van der Waals surface area (Å²) in [4.78, 5) is 27.2. The molecule has 3 atom stereocenters. The Labute approximate surface area is 285 Å². The zero-order chi connectivity index (χ0) is 33.0. The molecule has 1 aromatic heterocycles. The number of phenolic OH excluding ortho intramolecular Hbond substituents is 1. The summed E-state index contributed by atoms with van der Waals surface area (Å²) in [5.74, 6) is 1.51. The van der Waals surface area contributed by atoms with Gasteiger partial charge in [0.1, 0.15) is 35.4 Å². The molecule has 3 fully saturated rings. The molecular weight excluding hydrogens is 660 g/mol. The summed E-state index contributed by atoms with van der Waals surface area (Å²) in [6.07, 6.45) is 4.58. The Bertz CT molecular complexity index is 1740. The molecule has 47 heavy (non-hydrogen) atoms. The van der Waals surface area contributed by atoms with E-state index in [0.717, 1.165) is 83.1 Å². The molecule has 7 rings (SSSR count). The van der Waals surface area contributed by atoms with Gasteiger partial charge >= 0.3 is 6.09 Å². The Morgan fingerprint density at radius 2 is 1.89 bits per heavy atom. The van der Waals surface area contributed by atoms with Crippen LogP contribution in [-0.4, -0.2) is 89.5 Å². The number of halogens is 1. The molecule has 11 heteroatoms. The number of aromatic hydroxyl groups is 1. The van der Waals surface area contributed by atoms with Gasteiger partial charge in [-0.3, -0.25) is 0 Å². The summed E-state index contributed by atoms with van der Waals surface area (Å²) >= 11 is 3.69. The number of benzene rings is 2. The maximum atomic E-state index is 13.1. The van der Waals surface area contributed by atoms with Gasteiger partial charge in [0.05, 0.1) is 0 Å². The summed E-state index contributed by atoms with van der Waals surface area (Å²) in [7, 11) is 2.12. The highest BCUT2D eigenvalue weighted by molar-refractivity contribution is 9.10. The van der Waals surface area contributed by atoms with E-state index in [2.05, 4.69) is 49.8 Å². The number of hydrogen-bond acceptors (Lipinski definition) is 9. The van der Waals surface area contributed by atoms with Crippen LogP contribution in [0.15, 0.2) is 34.8 Å². The molecule has 0 radical (unpaired) electrons. The molecule has 4 aliphatic heterocycles. The number of fused-ring (bicyclic) bond motifs is 4. The van der Waals surface area contributed by atoms with Gasteiger partial charge in [0.15, 0.2) is 0 Å². The van der Waals surface area contributed by atoms with Crippen molar-refractivity contribution in [1.29, 1.82) is 5.26 Å². The van der Waals surface area contributed by atoms with Crippen molar-refractivity contribution in [3.63, 3.8) is 0 Å². The summed E-state index contributed by atoms with van der Waals surface area (Å²) in [5, 5.41) is 22.8. The first-order valence-corrected chi connectivity index (χ1v) is 17.5. The van der Waals surface area contributed by atoms with Gasteiger partial charge in [-0.1, -0.05) is 12.1 Å². The fourth-order valence-electron chi connectivity index (χ4n) is 7.92. The molecule has 3 aromatic rings. The number of likely N-dealkylation sites (tertiary alicyclic amines) is 2. The lowest BCUT2D eigenvalue weighted by molar-refractivity contribution is 0.0209. The van der Waals surface area contributed by atoms with Crippen LogP contribution in [0.4, 0.5) is 16.3 Å². The lowest BCUT2D eigenvalue weighted by Gasteiger charge is -2.43. The zero-order valence-electron chi connectivity index (χ0n) is 27.6. The van der Waals surface area contributed by atoms with Gasteiger partial charge < -0.3 is 34.2 Å². The Morgan fingerprint density at radius 1 is 1.13 bits per heavy atom. The number of piperazine rings is 1. The van der Waals surface area contributed by atoms with Gasteiger partial charge in [0, 0.05) is 71.0 Å². The second kappa shape index (κ2) is 12.4. The number of nitrogens with zero attached hydrogens (tertiary/aromatic N) is 6. The van der Waals surface area contributed by atoms with E-state index >= 15 is 0 Å². The number of carbonyl (C=O) groups excluding carboxylic acids is 1. The highest BCUT2D eigenvalue weighted by atomic mass is 79.9. The fraction of sp³-hybridized carbons (Fsp3) is 0.528. The Balaban J connectivity index is 1.27. The minimum absolute atomic E-state index is 0.111. The quantitative estimate of drug-likeness (QED) is 0.333. The monoisotopic (exact) mass is 702 g/mol. The predicted octanol–water partition coefficient (Wildman–Crippen LogP) is 6.20. The molecular formula is C36H43BrN6O4. The van der Waals surface area contributed by atoms with Crippen LogP contribution in [0.5, 0.6) is 11.6 Å².